The lowest BCUT2D eigenvalue weighted by atomic mass is 10.1. The number of benzene rings is 2. The van der Waals surface area contributed by atoms with Crippen LogP contribution in [0, 0.1) is 0 Å². The van der Waals surface area contributed by atoms with E-state index in [2.05, 4.69) is 54.9 Å². The number of para-hydroxylation sites is 2. The second-order valence-electron chi connectivity index (χ2n) is 8.86. The second kappa shape index (κ2) is 12.6. The summed E-state index contributed by atoms with van der Waals surface area (Å²) in [6.45, 7) is 8.14. The van der Waals surface area contributed by atoms with Crippen LogP contribution < -0.4 is 14.5 Å². The molecule has 33 heavy (non-hydrogen) atoms. The van der Waals surface area contributed by atoms with Gasteiger partial charge in [-0.2, -0.15) is 0 Å². The Labute approximate surface area is 206 Å². The highest BCUT2D eigenvalue weighted by atomic mass is 79.9. The minimum Gasteiger partial charge on any atom is -0.491 e. The lowest BCUT2D eigenvalue weighted by molar-refractivity contribution is 0.00718. The van der Waals surface area contributed by atoms with Crippen molar-refractivity contribution in [2.75, 3.05) is 75.4 Å². The highest BCUT2D eigenvalue weighted by Gasteiger charge is 2.23. The first-order valence-electron chi connectivity index (χ1n) is 12.1. The predicted octanol–water partition coefficient (Wildman–Crippen LogP) is 4.02. The third-order valence-electron chi connectivity index (χ3n) is 6.38. The predicted molar refractivity (Wildman–Crippen MR) is 138 cm³/mol. The first-order valence-corrected chi connectivity index (χ1v) is 12.9. The molecule has 0 radical (unpaired) electrons. The van der Waals surface area contributed by atoms with Crippen molar-refractivity contribution in [3.8, 4) is 5.75 Å². The molecule has 6 nitrogen and oxygen atoms in total. The molecule has 7 heteroatoms. The standard InChI is InChI=1S/C26H36BrN3O3/c27-22-8-10-24(11-9-22)33-19-18-32-21-23(31)20-28-14-16-30(17-15-28)26-7-3-2-6-25(26)29-12-4-1-5-13-29/h2-3,6-11,23,31H,1,4-5,12-21H2. The molecule has 180 valence electrons. The summed E-state index contributed by atoms with van der Waals surface area (Å²) in [6, 6.07) is 16.6. The zero-order valence-corrected chi connectivity index (χ0v) is 21.0. The van der Waals surface area contributed by atoms with Gasteiger partial charge in [0, 0.05) is 50.3 Å². The maximum absolute atomic E-state index is 10.4. The first-order chi connectivity index (χ1) is 16.2. The van der Waals surface area contributed by atoms with Crippen LogP contribution in [-0.2, 0) is 4.74 Å². The molecule has 2 aromatic carbocycles. The van der Waals surface area contributed by atoms with Gasteiger partial charge in [0.1, 0.15) is 12.4 Å². The molecule has 2 aromatic rings. The minimum atomic E-state index is -0.482. The maximum atomic E-state index is 10.4. The molecule has 0 saturated carbocycles. The molecule has 1 N–H and O–H groups in total. The molecule has 0 bridgehead atoms. The van der Waals surface area contributed by atoms with Gasteiger partial charge in [-0.15, -0.1) is 0 Å². The fraction of sp³-hybridized carbons (Fsp3) is 0.538. The van der Waals surface area contributed by atoms with Crippen LogP contribution in [0.3, 0.4) is 0 Å². The highest BCUT2D eigenvalue weighted by Crippen LogP contribution is 2.31. The molecule has 2 heterocycles. The molecule has 0 aliphatic carbocycles. The van der Waals surface area contributed by atoms with Gasteiger partial charge in [-0.05, 0) is 55.7 Å². The molecule has 2 saturated heterocycles. The van der Waals surface area contributed by atoms with Crippen LogP contribution in [0.1, 0.15) is 19.3 Å². The average Bonchev–Trinajstić information content (AvgIpc) is 2.86. The van der Waals surface area contributed by atoms with Gasteiger partial charge in [-0.25, -0.2) is 0 Å². The highest BCUT2D eigenvalue weighted by molar-refractivity contribution is 9.10. The third kappa shape index (κ3) is 7.34. The van der Waals surface area contributed by atoms with E-state index in [1.165, 1.54) is 30.6 Å². The molecule has 1 unspecified atom stereocenters. The summed E-state index contributed by atoms with van der Waals surface area (Å²) in [7, 11) is 0. The number of ether oxygens (including phenoxy) is 2. The second-order valence-corrected chi connectivity index (χ2v) is 9.77. The fourth-order valence-corrected chi connectivity index (χ4v) is 4.89. The number of halogens is 1. The van der Waals surface area contributed by atoms with Crippen LogP contribution in [0.5, 0.6) is 5.75 Å². The molecule has 2 aliphatic rings. The SMILES string of the molecule is OC(COCCOc1ccc(Br)cc1)CN1CCN(c2ccccc2N2CCCCC2)CC1. The zero-order chi connectivity index (χ0) is 22.9. The number of piperidine rings is 1. The summed E-state index contributed by atoms with van der Waals surface area (Å²) in [5, 5.41) is 10.4. The van der Waals surface area contributed by atoms with Crippen molar-refractivity contribution in [2.24, 2.45) is 0 Å². The van der Waals surface area contributed by atoms with Crippen molar-refractivity contribution in [2.45, 2.75) is 25.4 Å². The largest absolute Gasteiger partial charge is 0.491 e. The first kappa shape index (κ1) is 24.3. The van der Waals surface area contributed by atoms with Gasteiger partial charge in [0.15, 0.2) is 0 Å². The van der Waals surface area contributed by atoms with E-state index in [0.29, 0.717) is 26.4 Å². The van der Waals surface area contributed by atoms with Gasteiger partial charge < -0.3 is 24.4 Å². The molecular formula is C26H36BrN3O3. The lowest BCUT2D eigenvalue weighted by Crippen LogP contribution is -2.49. The Bertz CT molecular complexity index is 837. The van der Waals surface area contributed by atoms with Crippen molar-refractivity contribution in [1.29, 1.82) is 0 Å². The van der Waals surface area contributed by atoms with Gasteiger partial charge in [0.05, 0.1) is 30.7 Å². The van der Waals surface area contributed by atoms with E-state index in [9.17, 15) is 5.11 Å². The minimum absolute atomic E-state index is 0.335. The summed E-state index contributed by atoms with van der Waals surface area (Å²) in [5.74, 6) is 0.821. The third-order valence-corrected chi connectivity index (χ3v) is 6.91. The van der Waals surface area contributed by atoms with Crippen LogP contribution in [0.2, 0.25) is 0 Å². The Balaban J connectivity index is 1.15. The van der Waals surface area contributed by atoms with Gasteiger partial charge in [-0.3, -0.25) is 4.90 Å². The zero-order valence-electron chi connectivity index (χ0n) is 19.4. The number of rotatable bonds is 10. The normalized spacial score (nSPS) is 18.4. The Morgan fingerprint density at radius 1 is 0.788 bits per heavy atom. The Hall–Kier alpha value is -1.80. The van der Waals surface area contributed by atoms with Gasteiger partial charge in [0.25, 0.3) is 0 Å². The van der Waals surface area contributed by atoms with Crippen LogP contribution in [0.4, 0.5) is 11.4 Å². The molecule has 0 amide bonds. The van der Waals surface area contributed by atoms with Gasteiger partial charge in [0.2, 0.25) is 0 Å². The number of hydrogen-bond donors (Lipinski definition) is 1. The van der Waals surface area contributed by atoms with Crippen molar-refractivity contribution in [3.05, 3.63) is 53.0 Å². The van der Waals surface area contributed by atoms with Crippen molar-refractivity contribution < 1.29 is 14.6 Å². The van der Waals surface area contributed by atoms with E-state index in [1.807, 2.05) is 24.3 Å². The summed E-state index contributed by atoms with van der Waals surface area (Å²) in [5.41, 5.74) is 2.73. The average molecular weight is 518 g/mol. The monoisotopic (exact) mass is 517 g/mol. The van der Waals surface area contributed by atoms with E-state index in [-0.39, 0.29) is 0 Å². The summed E-state index contributed by atoms with van der Waals surface area (Å²) in [6.07, 6.45) is 3.45. The van der Waals surface area contributed by atoms with E-state index >= 15 is 0 Å². The number of piperazine rings is 1. The number of aliphatic hydroxyl groups excluding tert-OH is 1. The quantitative estimate of drug-likeness (QED) is 0.480. The molecule has 1 atom stereocenters. The Kier molecular flexibility index (Phi) is 9.29. The Morgan fingerprint density at radius 3 is 2.09 bits per heavy atom. The maximum Gasteiger partial charge on any atom is 0.119 e. The van der Waals surface area contributed by atoms with Crippen molar-refractivity contribution in [3.63, 3.8) is 0 Å². The number of aliphatic hydroxyl groups is 1. The molecular weight excluding hydrogens is 482 g/mol. The van der Waals surface area contributed by atoms with Crippen LogP contribution in [0.25, 0.3) is 0 Å². The topological polar surface area (TPSA) is 48.4 Å². The van der Waals surface area contributed by atoms with E-state index in [0.717, 1.165) is 49.5 Å². The fourth-order valence-electron chi connectivity index (χ4n) is 4.62. The Morgan fingerprint density at radius 2 is 1.42 bits per heavy atom. The molecule has 0 spiro atoms. The molecule has 4 rings (SSSR count). The van der Waals surface area contributed by atoms with Crippen LogP contribution in [0.15, 0.2) is 53.0 Å². The molecule has 2 aliphatic heterocycles. The van der Waals surface area contributed by atoms with Crippen molar-refractivity contribution >= 4 is 27.3 Å². The van der Waals surface area contributed by atoms with Gasteiger partial charge in [-0.1, -0.05) is 28.1 Å². The summed E-state index contributed by atoms with van der Waals surface area (Å²) >= 11 is 3.41. The number of nitrogens with zero attached hydrogens (tertiary/aromatic N) is 3. The van der Waals surface area contributed by atoms with E-state index in [1.54, 1.807) is 0 Å². The number of anilines is 2. The van der Waals surface area contributed by atoms with E-state index in [4.69, 9.17) is 9.47 Å². The molecule has 2 fully saturated rings. The summed E-state index contributed by atoms with van der Waals surface area (Å²) in [4.78, 5) is 7.39. The lowest BCUT2D eigenvalue weighted by Gasteiger charge is -2.39. The van der Waals surface area contributed by atoms with Gasteiger partial charge >= 0.3 is 0 Å². The van der Waals surface area contributed by atoms with E-state index < -0.39 is 6.10 Å². The number of hydrogen-bond acceptors (Lipinski definition) is 6. The molecule has 0 aromatic heterocycles. The number of β-amino-alcohol motifs (C(OH)–C–C–N with tert-alkyl or cyclic N) is 1. The summed E-state index contributed by atoms with van der Waals surface area (Å²) < 4.78 is 12.3. The van der Waals surface area contributed by atoms with Crippen LogP contribution >= 0.6 is 15.9 Å². The van der Waals surface area contributed by atoms with Crippen LogP contribution in [-0.4, -0.2) is 81.7 Å². The van der Waals surface area contributed by atoms with Crippen molar-refractivity contribution in [1.82, 2.24) is 4.90 Å². The smallest absolute Gasteiger partial charge is 0.119 e.